The predicted molar refractivity (Wildman–Crippen MR) is 134 cm³/mol. The van der Waals surface area contributed by atoms with Gasteiger partial charge in [0.15, 0.2) is 0 Å². The molecule has 1 rings (SSSR count). The number of aliphatic hydroxyl groups is 2. The molecule has 182 valence electrons. The van der Waals surface area contributed by atoms with Crippen molar-refractivity contribution in [2.45, 2.75) is 93.3 Å². The van der Waals surface area contributed by atoms with Crippen molar-refractivity contribution in [3.63, 3.8) is 0 Å². The first-order chi connectivity index (χ1) is 15.3. The molecule has 0 aliphatic carbocycles. The topological polar surface area (TPSA) is 58.9 Å². The lowest BCUT2D eigenvalue weighted by molar-refractivity contribution is 0.237. The van der Waals surface area contributed by atoms with Crippen molar-refractivity contribution >= 4 is 0 Å². The summed E-state index contributed by atoms with van der Waals surface area (Å²) in [6, 6.07) is 3.62. The minimum Gasteiger partial charge on any atom is -0.493 e. The van der Waals surface area contributed by atoms with E-state index in [9.17, 15) is 10.2 Å². The minimum atomic E-state index is -0.118. The predicted octanol–water partition coefficient (Wildman–Crippen LogP) is 6.97. The van der Waals surface area contributed by atoms with Gasteiger partial charge in [-0.2, -0.15) is 0 Å². The van der Waals surface area contributed by atoms with E-state index in [0.717, 1.165) is 38.5 Å². The van der Waals surface area contributed by atoms with E-state index in [2.05, 4.69) is 53.7 Å². The van der Waals surface area contributed by atoms with Crippen LogP contribution in [-0.4, -0.2) is 23.4 Å². The maximum Gasteiger partial charge on any atom is 0.125 e. The molecule has 0 aromatic heterocycles. The van der Waals surface area contributed by atoms with Crippen LogP contribution in [0.15, 0.2) is 35.4 Å². The molecule has 32 heavy (non-hydrogen) atoms. The van der Waals surface area contributed by atoms with E-state index in [4.69, 9.17) is 9.47 Å². The van der Waals surface area contributed by atoms with Crippen molar-refractivity contribution in [2.75, 3.05) is 13.2 Å². The summed E-state index contributed by atoms with van der Waals surface area (Å²) < 4.78 is 12.0. The smallest absolute Gasteiger partial charge is 0.125 e. The molecule has 1 aromatic rings. The van der Waals surface area contributed by atoms with E-state index in [1.54, 1.807) is 0 Å². The number of hydrogen-bond donors (Lipinski definition) is 2. The van der Waals surface area contributed by atoms with Gasteiger partial charge in [0.2, 0.25) is 0 Å². The Labute approximate surface area is 196 Å². The SMILES string of the molecule is CC(C)=CCCC(C)CCOc1cc(CO)c(OCCC(C)CCC=C(C)C)cc1CO. The third kappa shape index (κ3) is 11.7. The summed E-state index contributed by atoms with van der Waals surface area (Å²) >= 11 is 0. The zero-order valence-electron chi connectivity index (χ0n) is 21.2. The number of benzene rings is 1. The van der Waals surface area contributed by atoms with Crippen LogP contribution in [0.2, 0.25) is 0 Å². The Morgan fingerprint density at radius 3 is 1.41 bits per heavy atom. The Morgan fingerprint density at radius 2 is 1.09 bits per heavy atom. The highest BCUT2D eigenvalue weighted by molar-refractivity contribution is 5.46. The molecule has 0 aliphatic heterocycles. The number of hydrogen-bond acceptors (Lipinski definition) is 4. The van der Waals surface area contributed by atoms with Crippen LogP contribution in [0.5, 0.6) is 11.5 Å². The van der Waals surface area contributed by atoms with Gasteiger partial charge in [0.25, 0.3) is 0 Å². The van der Waals surface area contributed by atoms with Crippen molar-refractivity contribution in [1.82, 2.24) is 0 Å². The molecule has 0 bridgehead atoms. The minimum absolute atomic E-state index is 0.118. The molecule has 4 nitrogen and oxygen atoms in total. The van der Waals surface area contributed by atoms with E-state index >= 15 is 0 Å². The molecule has 1 aromatic carbocycles. The molecule has 2 unspecified atom stereocenters. The largest absolute Gasteiger partial charge is 0.493 e. The molecule has 2 atom stereocenters. The Balaban J connectivity index is 2.60. The van der Waals surface area contributed by atoms with E-state index in [1.807, 2.05) is 12.1 Å². The first kappa shape index (κ1) is 28.3. The summed E-state index contributed by atoms with van der Waals surface area (Å²) in [7, 11) is 0. The lowest BCUT2D eigenvalue weighted by atomic mass is 10.0. The number of allylic oxidation sites excluding steroid dienone is 4. The van der Waals surface area contributed by atoms with Gasteiger partial charge >= 0.3 is 0 Å². The number of rotatable bonds is 16. The van der Waals surface area contributed by atoms with Crippen LogP contribution in [-0.2, 0) is 13.2 Å². The van der Waals surface area contributed by atoms with Crippen LogP contribution in [0.25, 0.3) is 0 Å². The first-order valence-corrected chi connectivity index (χ1v) is 12.2. The zero-order chi connectivity index (χ0) is 23.9. The van der Waals surface area contributed by atoms with Crippen molar-refractivity contribution in [3.8, 4) is 11.5 Å². The average molecular weight is 447 g/mol. The molecule has 0 aliphatic rings. The van der Waals surface area contributed by atoms with E-state index < -0.39 is 0 Å². The van der Waals surface area contributed by atoms with Crippen LogP contribution >= 0.6 is 0 Å². The van der Waals surface area contributed by atoms with Crippen molar-refractivity contribution in [3.05, 3.63) is 46.6 Å². The lowest BCUT2D eigenvalue weighted by Crippen LogP contribution is -2.08. The highest BCUT2D eigenvalue weighted by Gasteiger charge is 2.13. The monoisotopic (exact) mass is 446 g/mol. The van der Waals surface area contributed by atoms with Crippen LogP contribution < -0.4 is 9.47 Å². The molecular weight excluding hydrogens is 400 g/mol. The maximum absolute atomic E-state index is 9.83. The fourth-order valence-corrected chi connectivity index (χ4v) is 3.50. The average Bonchev–Trinajstić information content (AvgIpc) is 2.73. The summed E-state index contributed by atoms with van der Waals surface area (Å²) in [4.78, 5) is 0. The summed E-state index contributed by atoms with van der Waals surface area (Å²) in [5, 5.41) is 19.7. The van der Waals surface area contributed by atoms with Gasteiger partial charge < -0.3 is 19.7 Å². The highest BCUT2D eigenvalue weighted by Crippen LogP contribution is 2.30. The normalized spacial score (nSPS) is 12.8. The Morgan fingerprint density at radius 1 is 0.719 bits per heavy atom. The number of aliphatic hydroxyl groups excluding tert-OH is 2. The fraction of sp³-hybridized carbons (Fsp3) is 0.643. The molecule has 0 amide bonds. The van der Waals surface area contributed by atoms with Crippen molar-refractivity contribution in [1.29, 1.82) is 0 Å². The summed E-state index contributed by atoms with van der Waals surface area (Å²) in [5.74, 6) is 2.41. The molecular formula is C28H46O4. The fourth-order valence-electron chi connectivity index (χ4n) is 3.50. The molecule has 0 fully saturated rings. The molecule has 0 saturated carbocycles. The Bertz CT molecular complexity index is 651. The van der Waals surface area contributed by atoms with E-state index in [-0.39, 0.29) is 13.2 Å². The van der Waals surface area contributed by atoms with Crippen molar-refractivity contribution < 1.29 is 19.7 Å². The van der Waals surface area contributed by atoms with Gasteiger partial charge in [0, 0.05) is 11.1 Å². The molecule has 2 N–H and O–H groups in total. The van der Waals surface area contributed by atoms with E-state index in [0.29, 0.717) is 47.7 Å². The summed E-state index contributed by atoms with van der Waals surface area (Å²) in [6.45, 7) is 13.9. The standard InChI is InChI=1S/C28H46O4/c1-21(2)9-7-11-23(5)13-15-31-27-17-26(20-30)28(18-25(27)19-29)32-16-14-24(6)12-8-10-22(3)4/h9-10,17-18,23-24,29-30H,7-8,11-16,19-20H2,1-6H3. The third-order valence-electron chi connectivity index (χ3n) is 5.74. The zero-order valence-corrected chi connectivity index (χ0v) is 21.2. The van der Waals surface area contributed by atoms with Crippen LogP contribution in [0, 0.1) is 11.8 Å². The molecule has 0 heterocycles. The van der Waals surface area contributed by atoms with Gasteiger partial charge in [-0.05, 0) is 90.2 Å². The third-order valence-corrected chi connectivity index (χ3v) is 5.74. The lowest BCUT2D eigenvalue weighted by Gasteiger charge is -2.18. The second-order valence-corrected chi connectivity index (χ2v) is 9.59. The van der Waals surface area contributed by atoms with Gasteiger partial charge in [-0.1, -0.05) is 37.1 Å². The van der Waals surface area contributed by atoms with Gasteiger partial charge in [-0.3, -0.25) is 0 Å². The molecule has 4 heteroatoms. The summed E-state index contributed by atoms with van der Waals surface area (Å²) in [5.41, 5.74) is 4.12. The van der Waals surface area contributed by atoms with Gasteiger partial charge in [0.1, 0.15) is 11.5 Å². The highest BCUT2D eigenvalue weighted by atomic mass is 16.5. The maximum atomic E-state index is 9.83. The van der Waals surface area contributed by atoms with Gasteiger partial charge in [-0.25, -0.2) is 0 Å². The van der Waals surface area contributed by atoms with Crippen LogP contribution in [0.3, 0.4) is 0 Å². The van der Waals surface area contributed by atoms with Crippen LogP contribution in [0.1, 0.15) is 91.2 Å². The number of ether oxygens (including phenoxy) is 2. The molecule has 0 radical (unpaired) electrons. The van der Waals surface area contributed by atoms with Gasteiger partial charge in [0.05, 0.1) is 26.4 Å². The van der Waals surface area contributed by atoms with Gasteiger partial charge in [-0.15, -0.1) is 0 Å². The second-order valence-electron chi connectivity index (χ2n) is 9.59. The summed E-state index contributed by atoms with van der Waals surface area (Å²) in [6.07, 6.45) is 10.9. The van der Waals surface area contributed by atoms with Crippen LogP contribution in [0.4, 0.5) is 0 Å². The Hall–Kier alpha value is -1.78. The Kier molecular flexibility index (Phi) is 14.1. The van der Waals surface area contributed by atoms with E-state index in [1.165, 1.54) is 11.1 Å². The molecule has 0 saturated heterocycles. The second kappa shape index (κ2) is 15.9. The van der Waals surface area contributed by atoms with Crippen molar-refractivity contribution in [2.24, 2.45) is 11.8 Å². The molecule has 0 spiro atoms. The quantitative estimate of drug-likeness (QED) is 0.269. The first-order valence-electron chi connectivity index (χ1n) is 12.2.